The number of hydrogen-bond acceptors (Lipinski definition) is 5. The van der Waals surface area contributed by atoms with Crippen molar-refractivity contribution in [1.82, 2.24) is 14.8 Å². The van der Waals surface area contributed by atoms with Crippen LogP contribution in [-0.4, -0.2) is 26.4 Å². The minimum atomic E-state index is -0.392. The molecule has 1 atom stereocenters. The molecule has 2 aromatic carbocycles. The van der Waals surface area contributed by atoms with Crippen LogP contribution >= 0.6 is 27.7 Å². The number of nitrogens with zero attached hydrogens (tertiary/aromatic N) is 3. The first-order valence-electron chi connectivity index (χ1n) is 10.7. The molecule has 0 bridgehead atoms. The van der Waals surface area contributed by atoms with E-state index in [9.17, 15) is 9.18 Å². The van der Waals surface area contributed by atoms with Gasteiger partial charge in [0.2, 0.25) is 5.91 Å². The summed E-state index contributed by atoms with van der Waals surface area (Å²) in [5.41, 5.74) is 3.01. The lowest BCUT2D eigenvalue weighted by atomic mass is 10.1. The largest absolute Gasteiger partial charge is 0.483 e. The van der Waals surface area contributed by atoms with Gasteiger partial charge in [-0.15, -0.1) is 10.2 Å². The number of nitrogens with one attached hydrogen (secondary N) is 1. The lowest BCUT2D eigenvalue weighted by molar-refractivity contribution is -0.113. The molecule has 1 unspecified atom stereocenters. The number of aryl methyl sites for hydroxylation is 2. The van der Waals surface area contributed by atoms with E-state index in [0.29, 0.717) is 29.2 Å². The molecule has 33 heavy (non-hydrogen) atoms. The Hall–Kier alpha value is -2.39. The maximum Gasteiger partial charge on any atom is 0.234 e. The van der Waals surface area contributed by atoms with Crippen LogP contribution in [0.5, 0.6) is 5.75 Å². The average Bonchev–Trinajstić information content (AvgIpc) is 3.14. The molecule has 176 valence electrons. The van der Waals surface area contributed by atoms with Crippen molar-refractivity contribution in [1.29, 1.82) is 0 Å². The highest BCUT2D eigenvalue weighted by Crippen LogP contribution is 2.28. The van der Waals surface area contributed by atoms with Gasteiger partial charge in [0.05, 0.1) is 11.4 Å². The van der Waals surface area contributed by atoms with Gasteiger partial charge in [0.25, 0.3) is 0 Å². The van der Waals surface area contributed by atoms with Crippen molar-refractivity contribution in [3.05, 3.63) is 63.6 Å². The Kier molecular flexibility index (Phi) is 8.53. The smallest absolute Gasteiger partial charge is 0.234 e. The predicted molar refractivity (Wildman–Crippen MR) is 133 cm³/mol. The minimum Gasteiger partial charge on any atom is -0.483 e. The number of benzene rings is 2. The molecule has 6 nitrogen and oxygen atoms in total. The minimum absolute atomic E-state index is 0.125. The van der Waals surface area contributed by atoms with Gasteiger partial charge < -0.3 is 14.6 Å². The summed E-state index contributed by atoms with van der Waals surface area (Å²) in [7, 11) is 0. The van der Waals surface area contributed by atoms with Crippen molar-refractivity contribution >= 4 is 39.3 Å². The van der Waals surface area contributed by atoms with Gasteiger partial charge in [-0.1, -0.05) is 25.6 Å². The zero-order chi connectivity index (χ0) is 24.1. The van der Waals surface area contributed by atoms with E-state index in [-0.39, 0.29) is 17.5 Å². The molecule has 1 aromatic heterocycles. The Morgan fingerprint density at radius 1 is 1.15 bits per heavy atom. The van der Waals surface area contributed by atoms with E-state index in [4.69, 9.17) is 4.74 Å². The quantitative estimate of drug-likeness (QED) is 0.325. The van der Waals surface area contributed by atoms with Crippen LogP contribution in [0.15, 0.2) is 46.0 Å². The Labute approximate surface area is 206 Å². The Morgan fingerprint density at radius 3 is 2.48 bits per heavy atom. The summed E-state index contributed by atoms with van der Waals surface area (Å²) in [6.07, 6.45) is -0.392. The first kappa shape index (κ1) is 25.2. The lowest BCUT2D eigenvalue weighted by Gasteiger charge is -2.18. The molecule has 9 heteroatoms. The van der Waals surface area contributed by atoms with Gasteiger partial charge in [0.15, 0.2) is 17.1 Å². The van der Waals surface area contributed by atoms with Crippen LogP contribution in [0.4, 0.5) is 10.1 Å². The average molecular weight is 535 g/mol. The second kappa shape index (κ2) is 11.2. The highest BCUT2D eigenvalue weighted by Gasteiger charge is 2.21. The van der Waals surface area contributed by atoms with E-state index in [1.807, 2.05) is 37.5 Å². The zero-order valence-corrected chi connectivity index (χ0v) is 21.8. The fourth-order valence-electron chi connectivity index (χ4n) is 3.21. The van der Waals surface area contributed by atoms with Gasteiger partial charge in [-0.3, -0.25) is 4.79 Å². The lowest BCUT2D eigenvalue weighted by Crippen LogP contribution is -2.17. The monoisotopic (exact) mass is 534 g/mol. The van der Waals surface area contributed by atoms with Crippen molar-refractivity contribution in [2.75, 3.05) is 11.1 Å². The van der Waals surface area contributed by atoms with Gasteiger partial charge in [-0.25, -0.2) is 4.39 Å². The summed E-state index contributed by atoms with van der Waals surface area (Å²) in [6, 6.07) is 9.82. The first-order valence-corrected chi connectivity index (χ1v) is 12.5. The molecule has 0 spiro atoms. The number of carbonyl (C=O) groups is 1. The number of aromatic nitrogens is 3. The van der Waals surface area contributed by atoms with Gasteiger partial charge in [-0.05, 0) is 90.1 Å². The van der Waals surface area contributed by atoms with Crippen LogP contribution in [0.25, 0.3) is 0 Å². The molecule has 0 radical (unpaired) electrons. The number of halogens is 2. The molecular weight excluding hydrogens is 507 g/mol. The van der Waals surface area contributed by atoms with Crippen LogP contribution < -0.4 is 10.1 Å². The third-order valence-electron chi connectivity index (χ3n) is 4.97. The highest BCUT2D eigenvalue weighted by molar-refractivity contribution is 9.10. The van der Waals surface area contributed by atoms with Gasteiger partial charge >= 0.3 is 0 Å². The van der Waals surface area contributed by atoms with Crippen LogP contribution in [0.1, 0.15) is 43.8 Å². The molecule has 0 saturated carbocycles. The summed E-state index contributed by atoms with van der Waals surface area (Å²) in [5.74, 6) is 1.31. The number of thioether (sulfide) groups is 1. The summed E-state index contributed by atoms with van der Waals surface area (Å²) >= 11 is 4.85. The van der Waals surface area contributed by atoms with Crippen molar-refractivity contribution in [3.63, 3.8) is 0 Å². The molecule has 1 amide bonds. The number of rotatable bonds is 9. The zero-order valence-electron chi connectivity index (χ0n) is 19.4. The first-order chi connectivity index (χ1) is 15.6. The molecular formula is C24H28BrFN4O2S. The third kappa shape index (κ3) is 6.80. The number of anilines is 1. The highest BCUT2D eigenvalue weighted by atomic mass is 79.9. The number of hydrogen-bond donors (Lipinski definition) is 1. The molecule has 0 fully saturated rings. The maximum atomic E-state index is 13.2. The Morgan fingerprint density at radius 2 is 1.82 bits per heavy atom. The summed E-state index contributed by atoms with van der Waals surface area (Å²) < 4.78 is 22.0. The third-order valence-corrected chi connectivity index (χ3v) is 6.60. The maximum absolute atomic E-state index is 13.2. The van der Waals surface area contributed by atoms with Crippen LogP contribution in [0, 0.1) is 25.6 Å². The molecule has 0 saturated heterocycles. The standard InChI is InChI=1S/C24H28BrFN4O2S/c1-14(2)12-30-23(17(5)32-19-8-6-18(26)7-9-19)28-29-24(30)33-13-22(31)27-21-11-16(4)15(3)10-20(21)25/h6-11,14,17H,12-13H2,1-5H3,(H,27,31). The van der Waals surface area contributed by atoms with Crippen molar-refractivity contribution in [3.8, 4) is 5.75 Å². The van der Waals surface area contributed by atoms with E-state index in [1.54, 1.807) is 12.1 Å². The normalized spacial score (nSPS) is 12.1. The van der Waals surface area contributed by atoms with E-state index in [0.717, 1.165) is 21.3 Å². The fourth-order valence-corrected chi connectivity index (χ4v) is 4.52. The van der Waals surface area contributed by atoms with E-state index >= 15 is 0 Å². The molecule has 3 aromatic rings. The van der Waals surface area contributed by atoms with Crippen molar-refractivity contribution in [2.45, 2.75) is 52.4 Å². The van der Waals surface area contributed by atoms with Gasteiger partial charge in [0, 0.05) is 11.0 Å². The van der Waals surface area contributed by atoms with E-state index < -0.39 is 6.10 Å². The van der Waals surface area contributed by atoms with Gasteiger partial charge in [0.1, 0.15) is 11.6 Å². The Balaban J connectivity index is 1.71. The molecule has 0 aliphatic heterocycles. The van der Waals surface area contributed by atoms with Crippen molar-refractivity contribution in [2.24, 2.45) is 5.92 Å². The van der Waals surface area contributed by atoms with Crippen LogP contribution in [0.3, 0.4) is 0 Å². The molecule has 0 aliphatic rings. The number of ether oxygens (including phenoxy) is 1. The topological polar surface area (TPSA) is 69.0 Å². The summed E-state index contributed by atoms with van der Waals surface area (Å²) in [5, 5.41) is 12.3. The fraction of sp³-hybridized carbons (Fsp3) is 0.375. The second-order valence-electron chi connectivity index (χ2n) is 8.31. The predicted octanol–water partition coefficient (Wildman–Crippen LogP) is 6.32. The van der Waals surface area contributed by atoms with Crippen molar-refractivity contribution < 1.29 is 13.9 Å². The van der Waals surface area contributed by atoms with Crippen LogP contribution in [-0.2, 0) is 11.3 Å². The summed E-state index contributed by atoms with van der Waals surface area (Å²) in [4.78, 5) is 12.6. The van der Waals surface area contributed by atoms with Gasteiger partial charge in [-0.2, -0.15) is 0 Å². The number of carbonyl (C=O) groups excluding carboxylic acids is 1. The summed E-state index contributed by atoms with van der Waals surface area (Å²) in [6.45, 7) is 10.8. The molecule has 1 N–H and O–H groups in total. The number of amides is 1. The molecule has 3 rings (SSSR count). The Bertz CT molecular complexity index is 1120. The van der Waals surface area contributed by atoms with Crippen LogP contribution in [0.2, 0.25) is 0 Å². The van der Waals surface area contributed by atoms with E-state index in [1.165, 1.54) is 23.9 Å². The molecule has 0 aliphatic carbocycles. The second-order valence-corrected chi connectivity index (χ2v) is 10.1. The molecule has 1 heterocycles. The SMILES string of the molecule is Cc1cc(Br)c(NC(=O)CSc2nnc(C(C)Oc3ccc(F)cc3)n2CC(C)C)cc1C. The van der Waals surface area contributed by atoms with E-state index in [2.05, 4.69) is 45.3 Å².